The van der Waals surface area contributed by atoms with Crippen LogP contribution in [-0.2, 0) is 4.79 Å². The van der Waals surface area contributed by atoms with Crippen LogP contribution in [0, 0.1) is 5.82 Å². The Morgan fingerprint density at radius 1 is 1.41 bits per heavy atom. The van der Waals surface area contributed by atoms with E-state index in [9.17, 15) is 9.18 Å². The predicted octanol–water partition coefficient (Wildman–Crippen LogP) is 0.957. The molecule has 1 amide bonds. The first-order valence-electron chi connectivity index (χ1n) is 5.64. The van der Waals surface area contributed by atoms with E-state index in [0.717, 1.165) is 11.4 Å². The standard InChI is InChI=1S/C12H16FN3O/c1-15-6-7-16(12(17)4-5-14)10-3-2-9(13)8-11(10)15/h2-3,8H,4-7,14H2,1H3. The van der Waals surface area contributed by atoms with Crippen molar-refractivity contribution in [2.75, 3.05) is 36.5 Å². The van der Waals surface area contributed by atoms with Crippen LogP contribution in [0.1, 0.15) is 6.42 Å². The first-order valence-corrected chi connectivity index (χ1v) is 5.64. The van der Waals surface area contributed by atoms with Gasteiger partial charge in [0.05, 0.1) is 11.4 Å². The first kappa shape index (κ1) is 11.9. The van der Waals surface area contributed by atoms with Gasteiger partial charge in [0.2, 0.25) is 5.91 Å². The zero-order valence-corrected chi connectivity index (χ0v) is 9.82. The molecule has 2 rings (SSSR count). The van der Waals surface area contributed by atoms with E-state index in [1.165, 1.54) is 12.1 Å². The number of fused-ring (bicyclic) bond motifs is 1. The number of hydrogen-bond acceptors (Lipinski definition) is 3. The van der Waals surface area contributed by atoms with E-state index in [1.807, 2.05) is 11.9 Å². The lowest BCUT2D eigenvalue weighted by Crippen LogP contribution is -2.43. The summed E-state index contributed by atoms with van der Waals surface area (Å²) in [5, 5.41) is 0. The summed E-state index contributed by atoms with van der Waals surface area (Å²) < 4.78 is 13.2. The number of anilines is 2. The number of amides is 1. The molecule has 2 N–H and O–H groups in total. The van der Waals surface area contributed by atoms with Crippen molar-refractivity contribution in [1.82, 2.24) is 0 Å². The summed E-state index contributed by atoms with van der Waals surface area (Å²) in [5.41, 5.74) is 6.90. The third kappa shape index (κ3) is 2.24. The lowest BCUT2D eigenvalue weighted by molar-refractivity contribution is -0.118. The topological polar surface area (TPSA) is 49.6 Å². The monoisotopic (exact) mass is 237 g/mol. The minimum Gasteiger partial charge on any atom is -0.371 e. The molecule has 0 fully saturated rings. The van der Waals surface area contributed by atoms with Crippen molar-refractivity contribution in [1.29, 1.82) is 0 Å². The molecule has 0 aromatic heterocycles. The molecule has 0 atom stereocenters. The van der Waals surface area contributed by atoms with Gasteiger partial charge in [-0.15, -0.1) is 0 Å². The number of halogens is 1. The predicted molar refractivity (Wildman–Crippen MR) is 65.7 cm³/mol. The van der Waals surface area contributed by atoms with E-state index >= 15 is 0 Å². The Hall–Kier alpha value is -1.62. The molecule has 5 heteroatoms. The van der Waals surface area contributed by atoms with E-state index in [0.29, 0.717) is 26.1 Å². The number of likely N-dealkylation sites (N-methyl/N-ethyl adjacent to an activating group) is 1. The number of nitrogens with zero attached hydrogens (tertiary/aromatic N) is 2. The highest BCUT2D eigenvalue weighted by molar-refractivity contribution is 5.97. The van der Waals surface area contributed by atoms with Gasteiger partial charge in [0.15, 0.2) is 0 Å². The molecular weight excluding hydrogens is 221 g/mol. The van der Waals surface area contributed by atoms with Crippen molar-refractivity contribution in [3.63, 3.8) is 0 Å². The molecule has 0 saturated heterocycles. The molecule has 1 aliphatic heterocycles. The summed E-state index contributed by atoms with van der Waals surface area (Å²) >= 11 is 0. The molecule has 0 saturated carbocycles. The molecule has 0 radical (unpaired) electrons. The highest BCUT2D eigenvalue weighted by Crippen LogP contribution is 2.32. The molecule has 1 heterocycles. The van der Waals surface area contributed by atoms with Crippen LogP contribution >= 0.6 is 0 Å². The van der Waals surface area contributed by atoms with E-state index in [1.54, 1.807) is 11.0 Å². The Labute approximate surface area is 99.8 Å². The van der Waals surface area contributed by atoms with Gasteiger partial charge in [0.1, 0.15) is 5.82 Å². The SMILES string of the molecule is CN1CCN(C(=O)CCN)c2ccc(F)cc21. The van der Waals surface area contributed by atoms with Crippen molar-refractivity contribution < 1.29 is 9.18 Å². The molecule has 4 nitrogen and oxygen atoms in total. The van der Waals surface area contributed by atoms with Gasteiger partial charge in [0.25, 0.3) is 0 Å². The first-order chi connectivity index (χ1) is 8.13. The number of rotatable bonds is 2. The third-order valence-electron chi connectivity index (χ3n) is 2.96. The molecule has 1 aliphatic rings. The zero-order valence-electron chi connectivity index (χ0n) is 9.82. The summed E-state index contributed by atoms with van der Waals surface area (Å²) in [5.74, 6) is -0.294. The second-order valence-electron chi connectivity index (χ2n) is 4.14. The molecule has 92 valence electrons. The molecule has 1 aromatic rings. The summed E-state index contributed by atoms with van der Waals surface area (Å²) in [7, 11) is 1.89. The van der Waals surface area contributed by atoms with Crippen LogP contribution in [0.15, 0.2) is 18.2 Å². The highest BCUT2D eigenvalue weighted by Gasteiger charge is 2.24. The Bertz CT molecular complexity index is 436. The average molecular weight is 237 g/mol. The Morgan fingerprint density at radius 2 is 2.18 bits per heavy atom. The van der Waals surface area contributed by atoms with Crippen LogP contribution in [0.5, 0.6) is 0 Å². The fourth-order valence-electron chi connectivity index (χ4n) is 2.04. The van der Waals surface area contributed by atoms with E-state index in [-0.39, 0.29) is 11.7 Å². The van der Waals surface area contributed by atoms with Crippen LogP contribution in [-0.4, -0.2) is 32.6 Å². The molecular formula is C12H16FN3O. The highest BCUT2D eigenvalue weighted by atomic mass is 19.1. The fraction of sp³-hybridized carbons (Fsp3) is 0.417. The minimum atomic E-state index is -0.288. The van der Waals surface area contributed by atoms with Crippen LogP contribution in [0.4, 0.5) is 15.8 Å². The second-order valence-corrected chi connectivity index (χ2v) is 4.14. The lowest BCUT2D eigenvalue weighted by Gasteiger charge is -2.35. The smallest absolute Gasteiger partial charge is 0.228 e. The van der Waals surface area contributed by atoms with Crippen LogP contribution in [0.2, 0.25) is 0 Å². The van der Waals surface area contributed by atoms with Gasteiger partial charge in [-0.3, -0.25) is 4.79 Å². The minimum absolute atomic E-state index is 0.00606. The van der Waals surface area contributed by atoms with Crippen LogP contribution in [0.25, 0.3) is 0 Å². The second kappa shape index (κ2) is 4.71. The van der Waals surface area contributed by atoms with Gasteiger partial charge in [-0.1, -0.05) is 0 Å². The fourth-order valence-corrected chi connectivity index (χ4v) is 2.04. The average Bonchev–Trinajstić information content (AvgIpc) is 2.30. The Kier molecular flexibility index (Phi) is 3.28. The van der Waals surface area contributed by atoms with Crippen molar-refractivity contribution >= 4 is 17.3 Å². The van der Waals surface area contributed by atoms with Gasteiger partial charge >= 0.3 is 0 Å². The number of benzene rings is 1. The van der Waals surface area contributed by atoms with Gasteiger partial charge in [-0.25, -0.2) is 4.39 Å². The van der Waals surface area contributed by atoms with Gasteiger partial charge in [-0.05, 0) is 18.2 Å². The Balaban J connectivity index is 2.35. The number of carbonyl (C=O) groups is 1. The largest absolute Gasteiger partial charge is 0.371 e. The van der Waals surface area contributed by atoms with Crippen molar-refractivity contribution in [3.05, 3.63) is 24.0 Å². The summed E-state index contributed by atoms with van der Waals surface area (Å²) in [6.07, 6.45) is 0.320. The van der Waals surface area contributed by atoms with Crippen molar-refractivity contribution in [2.24, 2.45) is 5.73 Å². The Morgan fingerprint density at radius 3 is 2.88 bits per heavy atom. The molecule has 17 heavy (non-hydrogen) atoms. The van der Waals surface area contributed by atoms with E-state index in [2.05, 4.69) is 0 Å². The maximum absolute atomic E-state index is 13.2. The number of carbonyl (C=O) groups excluding carboxylic acids is 1. The molecule has 0 spiro atoms. The molecule has 0 aliphatic carbocycles. The van der Waals surface area contributed by atoms with Crippen molar-refractivity contribution in [3.8, 4) is 0 Å². The number of hydrogen-bond donors (Lipinski definition) is 1. The van der Waals surface area contributed by atoms with Gasteiger partial charge < -0.3 is 15.5 Å². The van der Waals surface area contributed by atoms with Crippen LogP contribution in [0.3, 0.4) is 0 Å². The zero-order chi connectivity index (χ0) is 12.4. The normalized spacial score (nSPS) is 14.8. The number of nitrogens with two attached hydrogens (primary N) is 1. The van der Waals surface area contributed by atoms with E-state index in [4.69, 9.17) is 5.73 Å². The third-order valence-corrected chi connectivity index (χ3v) is 2.96. The lowest BCUT2D eigenvalue weighted by atomic mass is 10.1. The maximum Gasteiger partial charge on any atom is 0.228 e. The summed E-state index contributed by atoms with van der Waals surface area (Å²) in [6, 6.07) is 4.48. The van der Waals surface area contributed by atoms with Gasteiger partial charge in [-0.2, -0.15) is 0 Å². The molecule has 0 unspecified atom stereocenters. The van der Waals surface area contributed by atoms with Crippen LogP contribution < -0.4 is 15.5 Å². The summed E-state index contributed by atoms with van der Waals surface area (Å²) in [4.78, 5) is 15.5. The molecule has 1 aromatic carbocycles. The quantitative estimate of drug-likeness (QED) is 0.833. The summed E-state index contributed by atoms with van der Waals surface area (Å²) in [6.45, 7) is 1.66. The van der Waals surface area contributed by atoms with Gasteiger partial charge in [0, 0.05) is 33.1 Å². The van der Waals surface area contributed by atoms with Crippen molar-refractivity contribution in [2.45, 2.75) is 6.42 Å². The molecule has 0 bridgehead atoms. The maximum atomic E-state index is 13.2. The van der Waals surface area contributed by atoms with E-state index < -0.39 is 0 Å².